The molecule has 2 saturated heterocycles. The molecule has 1 aromatic rings. The third-order valence-electron chi connectivity index (χ3n) is 5.71. The fourth-order valence-electron chi connectivity index (χ4n) is 4.11. The fourth-order valence-corrected chi connectivity index (χ4v) is 4.11. The van der Waals surface area contributed by atoms with Crippen LogP contribution in [0.3, 0.4) is 0 Å². The molecule has 0 aliphatic carbocycles. The first-order valence-electron chi connectivity index (χ1n) is 9.78. The summed E-state index contributed by atoms with van der Waals surface area (Å²) in [4.78, 5) is 42.2. The summed E-state index contributed by atoms with van der Waals surface area (Å²) in [5, 5.41) is 0. The Labute approximate surface area is 165 Å². The van der Waals surface area contributed by atoms with Gasteiger partial charge < -0.3 is 14.4 Å². The van der Waals surface area contributed by atoms with Crippen LogP contribution in [-0.2, 0) is 24.5 Å². The first kappa shape index (κ1) is 20.3. The second-order valence-electron chi connectivity index (χ2n) is 7.45. The molecule has 0 radical (unpaired) electrons. The molecule has 1 atom stereocenters. The van der Waals surface area contributed by atoms with Gasteiger partial charge in [0.05, 0.1) is 25.7 Å². The summed E-state index contributed by atoms with van der Waals surface area (Å²) < 4.78 is 10.4. The van der Waals surface area contributed by atoms with Gasteiger partial charge in [-0.1, -0.05) is 12.1 Å². The van der Waals surface area contributed by atoms with E-state index in [1.165, 1.54) is 12.0 Å². The van der Waals surface area contributed by atoms with Crippen molar-refractivity contribution in [3.63, 3.8) is 0 Å². The first-order valence-corrected chi connectivity index (χ1v) is 9.78. The molecule has 0 aromatic heterocycles. The molecule has 0 unspecified atom stereocenters. The maximum Gasteiger partial charge on any atom is 0.240 e. The van der Waals surface area contributed by atoms with Crippen LogP contribution in [0.5, 0.6) is 5.75 Å². The fraction of sp³-hybridized carbons (Fsp3) is 0.571. The van der Waals surface area contributed by atoms with Gasteiger partial charge in [-0.3, -0.25) is 19.3 Å². The molecule has 28 heavy (non-hydrogen) atoms. The Morgan fingerprint density at radius 1 is 1.14 bits per heavy atom. The predicted octanol–water partition coefficient (Wildman–Crippen LogP) is 1.74. The van der Waals surface area contributed by atoms with Crippen LogP contribution in [0, 0.1) is 0 Å². The van der Waals surface area contributed by atoms with Gasteiger partial charge in [0.15, 0.2) is 0 Å². The highest BCUT2D eigenvalue weighted by Gasteiger charge is 2.54. The maximum atomic E-state index is 13.4. The van der Waals surface area contributed by atoms with Crippen molar-refractivity contribution < 1.29 is 23.9 Å². The molecule has 2 heterocycles. The molecule has 0 saturated carbocycles. The average molecular weight is 388 g/mol. The lowest BCUT2D eigenvalue weighted by Gasteiger charge is -2.32. The number of ether oxygens (including phenoxy) is 2. The largest absolute Gasteiger partial charge is 0.497 e. The Hall–Kier alpha value is -2.41. The minimum absolute atomic E-state index is 0.00573. The lowest BCUT2D eigenvalue weighted by molar-refractivity contribution is -0.143. The molecule has 0 N–H and O–H groups in total. The molecule has 2 fully saturated rings. The van der Waals surface area contributed by atoms with Gasteiger partial charge >= 0.3 is 0 Å². The van der Waals surface area contributed by atoms with E-state index in [-0.39, 0.29) is 43.7 Å². The molecule has 7 heteroatoms. The molecule has 2 aliphatic rings. The van der Waals surface area contributed by atoms with E-state index < -0.39 is 5.41 Å². The van der Waals surface area contributed by atoms with Crippen molar-refractivity contribution >= 4 is 17.7 Å². The van der Waals surface area contributed by atoms with Gasteiger partial charge in [-0.2, -0.15) is 0 Å². The first-order chi connectivity index (χ1) is 13.5. The zero-order valence-electron chi connectivity index (χ0n) is 16.6. The molecular weight excluding hydrogens is 360 g/mol. The van der Waals surface area contributed by atoms with Gasteiger partial charge in [0.2, 0.25) is 17.7 Å². The third kappa shape index (κ3) is 3.90. The summed E-state index contributed by atoms with van der Waals surface area (Å²) >= 11 is 0. The van der Waals surface area contributed by atoms with Crippen LogP contribution < -0.4 is 4.74 Å². The molecule has 0 bridgehead atoms. The van der Waals surface area contributed by atoms with Gasteiger partial charge in [0, 0.05) is 33.0 Å². The number of nitrogens with zero attached hydrogens (tertiary/aromatic N) is 2. The molecule has 3 rings (SSSR count). The summed E-state index contributed by atoms with van der Waals surface area (Å²) in [6, 6.07) is 7.13. The molecule has 7 nitrogen and oxygen atoms in total. The predicted molar refractivity (Wildman–Crippen MR) is 103 cm³/mol. The second kappa shape index (κ2) is 8.73. The number of carbonyl (C=O) groups is 3. The number of rotatable bonds is 7. The van der Waals surface area contributed by atoms with Crippen molar-refractivity contribution in [1.82, 2.24) is 9.80 Å². The van der Waals surface area contributed by atoms with Crippen molar-refractivity contribution in [2.75, 3.05) is 40.5 Å². The molecule has 152 valence electrons. The van der Waals surface area contributed by atoms with Crippen LogP contribution in [0.4, 0.5) is 0 Å². The lowest BCUT2D eigenvalue weighted by Crippen LogP contribution is -2.45. The molecular formula is C21H28N2O5. The highest BCUT2D eigenvalue weighted by molar-refractivity contribution is 6.10. The van der Waals surface area contributed by atoms with Gasteiger partial charge in [-0.25, -0.2) is 0 Å². The Morgan fingerprint density at radius 2 is 1.89 bits per heavy atom. The SMILES string of the molecule is COCCN1C(=O)C[C@](CC(=O)N2CCCCC2)(c2cccc(OC)c2)C1=O. The van der Waals surface area contributed by atoms with Gasteiger partial charge in [-0.15, -0.1) is 0 Å². The zero-order valence-corrected chi connectivity index (χ0v) is 16.6. The van der Waals surface area contributed by atoms with E-state index in [0.717, 1.165) is 19.3 Å². The Bertz CT molecular complexity index is 744. The van der Waals surface area contributed by atoms with E-state index in [9.17, 15) is 14.4 Å². The smallest absolute Gasteiger partial charge is 0.240 e. The van der Waals surface area contributed by atoms with Crippen molar-refractivity contribution in [2.45, 2.75) is 37.5 Å². The summed E-state index contributed by atoms with van der Waals surface area (Å²) in [5.74, 6) is -0.0698. The number of hydrogen-bond donors (Lipinski definition) is 0. The Balaban J connectivity index is 1.95. The van der Waals surface area contributed by atoms with Crippen LogP contribution in [0.25, 0.3) is 0 Å². The number of imide groups is 1. The van der Waals surface area contributed by atoms with Crippen LogP contribution in [0.15, 0.2) is 24.3 Å². The van der Waals surface area contributed by atoms with E-state index in [1.807, 2.05) is 4.90 Å². The number of methoxy groups -OCH3 is 2. The minimum atomic E-state index is -1.19. The average Bonchev–Trinajstić information content (AvgIpc) is 2.97. The topological polar surface area (TPSA) is 76.2 Å². The standard InChI is InChI=1S/C21H28N2O5/c1-27-12-11-23-19(25)15-21(20(23)26,16-7-6-8-17(13-16)28-2)14-18(24)22-9-4-3-5-10-22/h6-8,13H,3-5,9-12,14-15H2,1-2H3/t21-/m1/s1. The zero-order chi connectivity index (χ0) is 20.1. The van der Waals surface area contributed by atoms with Crippen LogP contribution in [0.1, 0.15) is 37.7 Å². The van der Waals surface area contributed by atoms with Crippen molar-refractivity contribution in [3.8, 4) is 5.75 Å². The van der Waals surface area contributed by atoms with E-state index in [1.54, 1.807) is 31.4 Å². The van der Waals surface area contributed by atoms with Crippen LogP contribution >= 0.6 is 0 Å². The Morgan fingerprint density at radius 3 is 2.57 bits per heavy atom. The van der Waals surface area contributed by atoms with Crippen LogP contribution in [0.2, 0.25) is 0 Å². The van der Waals surface area contributed by atoms with Crippen molar-refractivity contribution in [1.29, 1.82) is 0 Å². The number of carbonyl (C=O) groups excluding carboxylic acids is 3. The number of likely N-dealkylation sites (tertiary alicyclic amines) is 2. The van der Waals surface area contributed by atoms with Crippen molar-refractivity contribution in [2.24, 2.45) is 0 Å². The van der Waals surface area contributed by atoms with Gasteiger partial charge in [-0.05, 0) is 37.0 Å². The van der Waals surface area contributed by atoms with Gasteiger partial charge in [0.25, 0.3) is 0 Å². The highest BCUT2D eigenvalue weighted by atomic mass is 16.5. The molecule has 1 aromatic carbocycles. The quantitative estimate of drug-likeness (QED) is 0.665. The van der Waals surface area contributed by atoms with Gasteiger partial charge in [0.1, 0.15) is 5.75 Å². The Kier molecular flexibility index (Phi) is 6.34. The van der Waals surface area contributed by atoms with E-state index in [2.05, 4.69) is 0 Å². The maximum absolute atomic E-state index is 13.4. The summed E-state index contributed by atoms with van der Waals surface area (Å²) in [6.45, 7) is 1.88. The summed E-state index contributed by atoms with van der Waals surface area (Å²) in [5.41, 5.74) is -0.538. The molecule has 3 amide bonds. The van der Waals surface area contributed by atoms with E-state index in [0.29, 0.717) is 24.4 Å². The number of piperidine rings is 1. The summed E-state index contributed by atoms with van der Waals surface area (Å²) in [7, 11) is 3.08. The lowest BCUT2D eigenvalue weighted by atomic mass is 9.75. The highest BCUT2D eigenvalue weighted by Crippen LogP contribution is 2.41. The normalized spacial score (nSPS) is 22.6. The molecule has 2 aliphatic heterocycles. The van der Waals surface area contributed by atoms with E-state index >= 15 is 0 Å². The van der Waals surface area contributed by atoms with Crippen LogP contribution in [-0.4, -0.2) is 68.0 Å². The van der Waals surface area contributed by atoms with Crippen molar-refractivity contribution in [3.05, 3.63) is 29.8 Å². The minimum Gasteiger partial charge on any atom is -0.497 e. The molecule has 0 spiro atoms. The second-order valence-corrected chi connectivity index (χ2v) is 7.45. The third-order valence-corrected chi connectivity index (χ3v) is 5.71. The number of hydrogen-bond acceptors (Lipinski definition) is 5. The monoisotopic (exact) mass is 388 g/mol. The number of amides is 3. The van der Waals surface area contributed by atoms with E-state index in [4.69, 9.17) is 9.47 Å². The summed E-state index contributed by atoms with van der Waals surface area (Å²) in [6.07, 6.45) is 3.05. The number of benzene rings is 1.